The quantitative estimate of drug-likeness (QED) is 0.712. The zero-order valence-electron chi connectivity index (χ0n) is 16.3. The van der Waals surface area contributed by atoms with Crippen molar-refractivity contribution in [2.24, 2.45) is 11.8 Å². The first-order valence-corrected chi connectivity index (χ1v) is 9.89. The number of para-hydroxylation sites is 2. The fourth-order valence-electron chi connectivity index (χ4n) is 3.77. The second-order valence-electron chi connectivity index (χ2n) is 7.70. The number of anilines is 1. The molecule has 1 aromatic carbocycles. The van der Waals surface area contributed by atoms with E-state index in [0.29, 0.717) is 12.5 Å². The number of aromatic nitrogens is 4. The Kier molecular flexibility index (Phi) is 5.23. The third-order valence-corrected chi connectivity index (χ3v) is 5.29. The van der Waals surface area contributed by atoms with E-state index < -0.39 is 0 Å². The topological polar surface area (TPSA) is 86.8 Å². The van der Waals surface area contributed by atoms with Crippen molar-refractivity contribution in [3.63, 3.8) is 0 Å². The van der Waals surface area contributed by atoms with Gasteiger partial charge >= 0.3 is 0 Å². The molecule has 1 amide bonds. The average molecular weight is 378 g/mol. The maximum absolute atomic E-state index is 13.1. The van der Waals surface area contributed by atoms with Crippen LogP contribution in [-0.2, 0) is 4.79 Å². The fourth-order valence-corrected chi connectivity index (χ4v) is 3.77. The molecule has 7 heteroatoms. The summed E-state index contributed by atoms with van der Waals surface area (Å²) >= 11 is 0. The number of benzene rings is 1. The van der Waals surface area contributed by atoms with E-state index in [4.69, 9.17) is 4.98 Å². The molecule has 2 N–H and O–H groups in total. The summed E-state index contributed by atoms with van der Waals surface area (Å²) in [5, 5.41) is 3.24. The van der Waals surface area contributed by atoms with Crippen LogP contribution in [0.2, 0.25) is 0 Å². The summed E-state index contributed by atoms with van der Waals surface area (Å²) in [4.78, 5) is 31.9. The zero-order chi connectivity index (χ0) is 19.5. The van der Waals surface area contributed by atoms with Crippen LogP contribution < -0.4 is 10.2 Å². The summed E-state index contributed by atoms with van der Waals surface area (Å²) in [6, 6.07) is 9.59. The van der Waals surface area contributed by atoms with Crippen molar-refractivity contribution in [2.75, 3.05) is 18.0 Å². The minimum atomic E-state index is -0.150. The molecule has 4 rings (SSSR count). The van der Waals surface area contributed by atoms with E-state index in [0.717, 1.165) is 36.2 Å². The largest absolute Gasteiger partial charge is 0.346 e. The van der Waals surface area contributed by atoms with Gasteiger partial charge in [0.15, 0.2) is 0 Å². The molecular formula is C21H26N6O. The molecule has 0 saturated carbocycles. The molecule has 1 saturated heterocycles. The number of hydrogen-bond donors (Lipinski definition) is 2. The highest BCUT2D eigenvalue weighted by Gasteiger charge is 2.30. The van der Waals surface area contributed by atoms with Crippen LogP contribution in [0.25, 0.3) is 11.0 Å². The predicted octanol–water partition coefficient (Wildman–Crippen LogP) is 3.08. The SMILES string of the molecule is CC(C)[C@@H](NC(=O)[C@H]1CCCN(c2ncccn2)C1)c1nc2ccccc2[nH]1. The smallest absolute Gasteiger partial charge is 0.225 e. The molecule has 146 valence electrons. The Labute approximate surface area is 164 Å². The van der Waals surface area contributed by atoms with Gasteiger partial charge in [0.05, 0.1) is 23.0 Å². The number of H-pyrrole nitrogens is 1. The van der Waals surface area contributed by atoms with Crippen molar-refractivity contribution >= 4 is 22.9 Å². The molecule has 7 nitrogen and oxygen atoms in total. The predicted molar refractivity (Wildman–Crippen MR) is 109 cm³/mol. The van der Waals surface area contributed by atoms with E-state index in [-0.39, 0.29) is 23.8 Å². The Hall–Kier alpha value is -2.96. The molecule has 3 aromatic rings. The molecule has 0 bridgehead atoms. The lowest BCUT2D eigenvalue weighted by Gasteiger charge is -2.33. The van der Waals surface area contributed by atoms with E-state index in [1.54, 1.807) is 18.5 Å². The first-order chi connectivity index (χ1) is 13.6. The molecule has 2 aromatic heterocycles. The molecule has 3 heterocycles. The van der Waals surface area contributed by atoms with Crippen LogP contribution in [0.4, 0.5) is 5.95 Å². The van der Waals surface area contributed by atoms with Crippen LogP contribution in [0.3, 0.4) is 0 Å². The third-order valence-electron chi connectivity index (χ3n) is 5.29. The lowest BCUT2D eigenvalue weighted by molar-refractivity contribution is -0.126. The second-order valence-corrected chi connectivity index (χ2v) is 7.70. The highest BCUT2D eigenvalue weighted by atomic mass is 16.2. The number of rotatable bonds is 5. The minimum Gasteiger partial charge on any atom is -0.346 e. The van der Waals surface area contributed by atoms with Gasteiger partial charge in [-0.25, -0.2) is 15.0 Å². The Morgan fingerprint density at radius 3 is 2.75 bits per heavy atom. The van der Waals surface area contributed by atoms with E-state index in [2.05, 4.69) is 39.0 Å². The second kappa shape index (κ2) is 7.96. The molecule has 0 aliphatic carbocycles. The van der Waals surface area contributed by atoms with Crippen molar-refractivity contribution < 1.29 is 4.79 Å². The van der Waals surface area contributed by atoms with Crippen LogP contribution in [0, 0.1) is 11.8 Å². The number of piperidine rings is 1. The van der Waals surface area contributed by atoms with Gasteiger partial charge < -0.3 is 15.2 Å². The van der Waals surface area contributed by atoms with E-state index >= 15 is 0 Å². The first kappa shape index (κ1) is 18.4. The summed E-state index contributed by atoms with van der Waals surface area (Å²) in [6.07, 6.45) is 5.30. The summed E-state index contributed by atoms with van der Waals surface area (Å²) < 4.78 is 0. The first-order valence-electron chi connectivity index (χ1n) is 9.89. The standard InChI is InChI=1S/C21H26N6O/c1-14(2)18(19-24-16-8-3-4-9-17(16)25-19)26-20(28)15-7-5-12-27(13-15)21-22-10-6-11-23-21/h3-4,6,8-11,14-15,18H,5,7,12-13H2,1-2H3,(H,24,25)(H,26,28)/t15-,18+/m0/s1. The van der Waals surface area contributed by atoms with Crippen molar-refractivity contribution in [2.45, 2.75) is 32.7 Å². The maximum atomic E-state index is 13.1. The normalized spacial score (nSPS) is 18.4. The van der Waals surface area contributed by atoms with Gasteiger partial charge in [0, 0.05) is 25.5 Å². The van der Waals surface area contributed by atoms with Crippen LogP contribution in [0.15, 0.2) is 42.7 Å². The van der Waals surface area contributed by atoms with Gasteiger partial charge in [-0.1, -0.05) is 26.0 Å². The Balaban J connectivity index is 1.48. The van der Waals surface area contributed by atoms with Gasteiger partial charge in [-0.3, -0.25) is 4.79 Å². The van der Waals surface area contributed by atoms with Crippen molar-refractivity contribution in [1.29, 1.82) is 0 Å². The molecule has 0 radical (unpaired) electrons. The Morgan fingerprint density at radius 1 is 1.21 bits per heavy atom. The molecule has 2 atom stereocenters. The number of amides is 1. The number of carbonyl (C=O) groups is 1. The van der Waals surface area contributed by atoms with Crippen LogP contribution in [0.5, 0.6) is 0 Å². The Morgan fingerprint density at radius 2 is 2.00 bits per heavy atom. The number of nitrogens with zero attached hydrogens (tertiary/aromatic N) is 4. The van der Waals surface area contributed by atoms with Crippen LogP contribution in [-0.4, -0.2) is 38.9 Å². The van der Waals surface area contributed by atoms with Crippen molar-refractivity contribution in [3.8, 4) is 0 Å². The van der Waals surface area contributed by atoms with Gasteiger partial charge in [-0.05, 0) is 37.0 Å². The zero-order valence-corrected chi connectivity index (χ0v) is 16.3. The molecule has 0 spiro atoms. The van der Waals surface area contributed by atoms with Crippen LogP contribution in [0.1, 0.15) is 38.6 Å². The fraction of sp³-hybridized carbons (Fsp3) is 0.429. The van der Waals surface area contributed by atoms with Gasteiger partial charge in [0.1, 0.15) is 5.82 Å². The molecule has 1 aliphatic heterocycles. The molecule has 28 heavy (non-hydrogen) atoms. The summed E-state index contributed by atoms with van der Waals surface area (Å²) in [7, 11) is 0. The van der Waals surface area contributed by atoms with Gasteiger partial charge in [0.25, 0.3) is 0 Å². The van der Waals surface area contributed by atoms with Gasteiger partial charge in [0.2, 0.25) is 11.9 Å². The summed E-state index contributed by atoms with van der Waals surface area (Å²) in [6.45, 7) is 5.72. The van der Waals surface area contributed by atoms with Crippen molar-refractivity contribution in [3.05, 3.63) is 48.5 Å². The molecular weight excluding hydrogens is 352 g/mol. The molecule has 1 fully saturated rings. The minimum absolute atomic E-state index is 0.0692. The third kappa shape index (κ3) is 3.83. The number of imidazole rings is 1. The molecule has 0 unspecified atom stereocenters. The maximum Gasteiger partial charge on any atom is 0.225 e. The number of fused-ring (bicyclic) bond motifs is 1. The average Bonchev–Trinajstić information content (AvgIpc) is 3.16. The lowest BCUT2D eigenvalue weighted by atomic mass is 9.95. The van der Waals surface area contributed by atoms with Gasteiger partial charge in [-0.2, -0.15) is 0 Å². The highest BCUT2D eigenvalue weighted by Crippen LogP contribution is 2.25. The van der Waals surface area contributed by atoms with Crippen LogP contribution >= 0.6 is 0 Å². The summed E-state index contributed by atoms with van der Waals surface area (Å²) in [5.41, 5.74) is 1.91. The van der Waals surface area contributed by atoms with E-state index in [1.165, 1.54) is 0 Å². The Bertz CT molecular complexity index is 905. The van der Waals surface area contributed by atoms with E-state index in [1.807, 2.05) is 24.3 Å². The number of hydrogen-bond acceptors (Lipinski definition) is 5. The lowest BCUT2D eigenvalue weighted by Crippen LogP contribution is -2.45. The highest BCUT2D eigenvalue weighted by molar-refractivity contribution is 5.80. The monoisotopic (exact) mass is 378 g/mol. The molecule has 1 aliphatic rings. The van der Waals surface area contributed by atoms with E-state index in [9.17, 15) is 4.79 Å². The number of aromatic amines is 1. The number of carbonyl (C=O) groups excluding carboxylic acids is 1. The summed E-state index contributed by atoms with van der Waals surface area (Å²) in [5.74, 6) is 1.71. The number of nitrogens with one attached hydrogen (secondary N) is 2. The van der Waals surface area contributed by atoms with Gasteiger partial charge in [-0.15, -0.1) is 0 Å². The van der Waals surface area contributed by atoms with Crippen molar-refractivity contribution in [1.82, 2.24) is 25.3 Å².